The first-order chi connectivity index (χ1) is 15.3. The maximum absolute atomic E-state index is 14.3. The number of nitro benzene ring substituents is 1. The summed E-state index contributed by atoms with van der Waals surface area (Å²) < 4.78 is 36.2. The van der Waals surface area contributed by atoms with E-state index in [0.29, 0.717) is 11.4 Å². The lowest BCUT2D eigenvalue weighted by Gasteiger charge is -2.43. The second kappa shape index (κ2) is 9.81. The summed E-state index contributed by atoms with van der Waals surface area (Å²) in [5, 5.41) is 11.7. The average Bonchev–Trinajstić information content (AvgIpc) is 2.77. The van der Waals surface area contributed by atoms with Gasteiger partial charge in [0.2, 0.25) is 5.82 Å². The normalized spacial score (nSPS) is 17.7. The van der Waals surface area contributed by atoms with Crippen molar-refractivity contribution in [1.29, 1.82) is 0 Å². The van der Waals surface area contributed by atoms with Crippen molar-refractivity contribution in [2.24, 2.45) is 0 Å². The summed E-state index contributed by atoms with van der Waals surface area (Å²) in [4.78, 5) is 22.4. The molecule has 0 radical (unpaired) electrons. The molecule has 0 N–H and O–H groups in total. The van der Waals surface area contributed by atoms with Crippen molar-refractivity contribution in [1.82, 2.24) is 0 Å². The van der Waals surface area contributed by atoms with Gasteiger partial charge in [0.05, 0.1) is 17.4 Å². The molecule has 3 rings (SSSR count). The number of benzene rings is 2. The summed E-state index contributed by atoms with van der Waals surface area (Å²) in [5.41, 5.74) is 0.0113. The third kappa shape index (κ3) is 4.41. The lowest BCUT2D eigenvalue weighted by molar-refractivity contribution is -0.387. The van der Waals surface area contributed by atoms with Crippen molar-refractivity contribution in [3.05, 3.63) is 68.0 Å². The van der Waals surface area contributed by atoms with Crippen LogP contribution in [-0.4, -0.2) is 45.1 Å². The Kier molecular flexibility index (Phi) is 7.33. The van der Waals surface area contributed by atoms with Crippen LogP contribution in [0.4, 0.5) is 10.1 Å². The van der Waals surface area contributed by atoms with Gasteiger partial charge in [0.15, 0.2) is 6.29 Å². The summed E-state index contributed by atoms with van der Waals surface area (Å²) in [6, 6.07) is 7.13. The van der Waals surface area contributed by atoms with E-state index in [9.17, 15) is 19.3 Å². The van der Waals surface area contributed by atoms with Gasteiger partial charge < -0.3 is 18.9 Å². The number of hydrogen-bond donors (Lipinski definition) is 0. The fraction of sp³-hybridized carbons (Fsp3) is 0.409. The summed E-state index contributed by atoms with van der Waals surface area (Å²) in [6.07, 6.45) is 1.50. The lowest BCUT2D eigenvalue weighted by Crippen LogP contribution is -2.49. The van der Waals surface area contributed by atoms with Gasteiger partial charge in [-0.3, -0.25) is 10.1 Å². The number of nitrogens with zero attached hydrogens (tertiary/aromatic N) is 1. The zero-order chi connectivity index (χ0) is 23.5. The van der Waals surface area contributed by atoms with Crippen LogP contribution in [0.1, 0.15) is 34.3 Å². The Balaban J connectivity index is 2.07. The maximum Gasteiger partial charge on any atom is 0.341 e. The molecule has 8 nitrogen and oxygen atoms in total. The Morgan fingerprint density at radius 2 is 1.97 bits per heavy atom. The van der Waals surface area contributed by atoms with Crippen molar-refractivity contribution in [3.8, 4) is 5.75 Å². The fourth-order valence-corrected chi connectivity index (χ4v) is 4.47. The number of halogens is 2. The average molecular weight is 468 g/mol. The number of methoxy groups -OCH3 is 3. The highest BCUT2D eigenvalue weighted by Gasteiger charge is 2.45. The monoisotopic (exact) mass is 467 g/mol. The summed E-state index contributed by atoms with van der Waals surface area (Å²) in [5.74, 6) is -2.19. The van der Waals surface area contributed by atoms with Crippen molar-refractivity contribution >= 4 is 23.3 Å². The second-order valence-corrected chi connectivity index (χ2v) is 7.89. The van der Waals surface area contributed by atoms with Gasteiger partial charge in [0, 0.05) is 31.4 Å². The molecule has 1 aliphatic rings. The third-order valence-corrected chi connectivity index (χ3v) is 5.92. The van der Waals surface area contributed by atoms with E-state index in [-0.39, 0.29) is 17.9 Å². The first kappa shape index (κ1) is 23.9. The molecule has 32 heavy (non-hydrogen) atoms. The molecule has 1 unspecified atom stereocenters. The molecule has 0 fully saturated rings. The van der Waals surface area contributed by atoms with Crippen LogP contribution in [0.25, 0.3) is 0 Å². The van der Waals surface area contributed by atoms with Crippen LogP contribution in [0.15, 0.2) is 30.3 Å². The molecule has 0 saturated heterocycles. The van der Waals surface area contributed by atoms with Crippen LogP contribution in [-0.2, 0) is 26.0 Å². The zero-order valence-electron chi connectivity index (χ0n) is 17.9. The van der Waals surface area contributed by atoms with Gasteiger partial charge in [0.25, 0.3) is 0 Å². The Bertz CT molecular complexity index is 1030. The van der Waals surface area contributed by atoms with E-state index in [4.69, 9.17) is 30.5 Å². The first-order valence-corrected chi connectivity index (χ1v) is 10.2. The zero-order valence-corrected chi connectivity index (χ0v) is 18.6. The van der Waals surface area contributed by atoms with Crippen LogP contribution in [0.3, 0.4) is 0 Å². The number of esters is 1. The Morgan fingerprint density at radius 3 is 2.59 bits per heavy atom. The van der Waals surface area contributed by atoms with Crippen LogP contribution in [0.5, 0.6) is 5.75 Å². The number of carbonyl (C=O) groups excluding carboxylic acids is 1. The van der Waals surface area contributed by atoms with Crippen LogP contribution < -0.4 is 4.74 Å². The minimum atomic E-state index is -1.13. The maximum atomic E-state index is 14.3. The van der Waals surface area contributed by atoms with E-state index in [0.717, 1.165) is 43.2 Å². The van der Waals surface area contributed by atoms with Crippen LogP contribution >= 0.6 is 11.6 Å². The summed E-state index contributed by atoms with van der Waals surface area (Å²) in [7, 11) is 4.13. The Hall–Kier alpha value is -2.75. The van der Waals surface area contributed by atoms with E-state index < -0.39 is 34.1 Å². The number of ether oxygens (including phenoxy) is 4. The molecule has 1 aliphatic carbocycles. The van der Waals surface area contributed by atoms with Gasteiger partial charge in [-0.2, -0.15) is 4.39 Å². The van der Waals surface area contributed by atoms with Gasteiger partial charge in [-0.15, -0.1) is 0 Å². The predicted octanol–water partition coefficient (Wildman–Crippen LogP) is 4.45. The van der Waals surface area contributed by atoms with Crippen molar-refractivity contribution in [2.45, 2.75) is 31.0 Å². The smallest absolute Gasteiger partial charge is 0.341 e. The number of aryl methyl sites for hydroxylation is 1. The van der Waals surface area contributed by atoms with Crippen molar-refractivity contribution in [2.75, 3.05) is 27.9 Å². The van der Waals surface area contributed by atoms with E-state index >= 15 is 0 Å². The van der Waals surface area contributed by atoms with E-state index in [1.165, 1.54) is 14.2 Å². The Morgan fingerprint density at radius 1 is 1.25 bits per heavy atom. The highest BCUT2D eigenvalue weighted by molar-refractivity contribution is 6.30. The van der Waals surface area contributed by atoms with E-state index in [2.05, 4.69) is 0 Å². The standard InChI is InChI=1S/C22H23ClFNO7/c1-29-20(26)15-10-18(25(27)28)17(24)11-19(15)32-12-22(21(30-2)31-3)8-4-5-13-9-14(23)6-7-16(13)22/h6-7,9-11,21H,4-5,8,12H2,1-3H3. The molecular formula is C22H23ClFNO7. The number of rotatable bonds is 8. The molecule has 0 heterocycles. The molecule has 1 atom stereocenters. The largest absolute Gasteiger partial charge is 0.491 e. The molecule has 2 aromatic carbocycles. The number of carbonyl (C=O) groups is 1. The topological polar surface area (TPSA) is 97.1 Å². The second-order valence-electron chi connectivity index (χ2n) is 7.45. The summed E-state index contributed by atoms with van der Waals surface area (Å²) in [6.45, 7) is -0.0464. The molecular weight excluding hydrogens is 445 g/mol. The SMILES string of the molecule is COC(=O)c1cc([N+](=O)[O-])c(F)cc1OCC1(C(OC)OC)CCCc2cc(Cl)ccc21. The lowest BCUT2D eigenvalue weighted by atomic mass is 9.69. The molecule has 172 valence electrons. The third-order valence-electron chi connectivity index (χ3n) is 5.69. The van der Waals surface area contributed by atoms with Crippen molar-refractivity contribution in [3.63, 3.8) is 0 Å². The predicted molar refractivity (Wildman–Crippen MR) is 114 cm³/mol. The summed E-state index contributed by atoms with van der Waals surface area (Å²) >= 11 is 6.18. The molecule has 0 amide bonds. The minimum Gasteiger partial charge on any atom is -0.491 e. The molecule has 0 saturated carbocycles. The van der Waals surface area contributed by atoms with Gasteiger partial charge in [-0.05, 0) is 42.5 Å². The van der Waals surface area contributed by atoms with Gasteiger partial charge in [-0.1, -0.05) is 17.7 Å². The quantitative estimate of drug-likeness (QED) is 0.245. The molecule has 0 aromatic heterocycles. The van der Waals surface area contributed by atoms with Gasteiger partial charge >= 0.3 is 11.7 Å². The van der Waals surface area contributed by atoms with E-state index in [1.54, 1.807) is 6.07 Å². The van der Waals surface area contributed by atoms with Gasteiger partial charge in [-0.25, -0.2) is 4.79 Å². The fourth-order valence-electron chi connectivity index (χ4n) is 4.27. The highest BCUT2D eigenvalue weighted by atomic mass is 35.5. The molecule has 0 bridgehead atoms. The molecule has 10 heteroatoms. The first-order valence-electron chi connectivity index (χ1n) is 9.81. The van der Waals surface area contributed by atoms with E-state index in [1.807, 2.05) is 12.1 Å². The Labute approximate surface area is 189 Å². The minimum absolute atomic E-state index is 0.0464. The molecule has 0 aliphatic heterocycles. The van der Waals surface area contributed by atoms with Crippen LogP contribution in [0, 0.1) is 15.9 Å². The number of hydrogen-bond acceptors (Lipinski definition) is 7. The van der Waals surface area contributed by atoms with Gasteiger partial charge in [0.1, 0.15) is 17.9 Å². The molecule has 2 aromatic rings. The molecule has 0 spiro atoms. The van der Waals surface area contributed by atoms with Crippen molar-refractivity contribution < 1.29 is 33.1 Å². The highest BCUT2D eigenvalue weighted by Crippen LogP contribution is 2.43. The van der Waals surface area contributed by atoms with Crippen LogP contribution in [0.2, 0.25) is 5.02 Å². The number of nitro groups is 1. The number of fused-ring (bicyclic) bond motifs is 1.